The zero-order chi connectivity index (χ0) is 23.7. The van der Waals surface area contributed by atoms with Crippen LogP contribution in [0.1, 0.15) is 24.9 Å². The fourth-order valence-electron chi connectivity index (χ4n) is 2.83. The van der Waals surface area contributed by atoms with E-state index in [-0.39, 0.29) is 36.0 Å². The molecule has 172 valence electrons. The molecule has 2 amide bonds. The maximum absolute atomic E-state index is 12.3. The number of methoxy groups -OCH3 is 1. The van der Waals surface area contributed by atoms with Crippen molar-refractivity contribution >= 4 is 27.5 Å². The van der Waals surface area contributed by atoms with E-state index in [2.05, 4.69) is 15.4 Å². The molecule has 0 saturated carbocycles. The van der Waals surface area contributed by atoms with Gasteiger partial charge < -0.3 is 15.4 Å². The van der Waals surface area contributed by atoms with Gasteiger partial charge in [-0.05, 0) is 23.8 Å². The smallest absolute Gasteiger partial charge is 0.270 e. The van der Waals surface area contributed by atoms with E-state index in [4.69, 9.17) is 4.74 Å². The van der Waals surface area contributed by atoms with E-state index < -0.39 is 26.9 Å². The molecule has 0 aliphatic carbocycles. The molecule has 0 aliphatic rings. The quantitative estimate of drug-likeness (QED) is 0.257. The summed E-state index contributed by atoms with van der Waals surface area (Å²) in [7, 11) is -2.45. The highest BCUT2D eigenvalue weighted by atomic mass is 32.2. The van der Waals surface area contributed by atoms with Gasteiger partial charge in [-0.3, -0.25) is 19.7 Å². The maximum atomic E-state index is 12.3. The SMILES string of the molecule is COc1ccc(C(CC(=O)NCCNS(=O)(=O)c2cccc([N+](=O)[O-])c2)NC(C)=O)cc1. The molecule has 12 heteroatoms. The Labute approximate surface area is 185 Å². The zero-order valence-corrected chi connectivity index (χ0v) is 18.3. The Morgan fingerprint density at radius 1 is 1.12 bits per heavy atom. The van der Waals surface area contributed by atoms with E-state index in [9.17, 15) is 28.1 Å². The standard InChI is InChI=1S/C20H24N4O7S/c1-14(25)23-19(15-6-8-17(31-2)9-7-15)13-20(26)21-10-11-22-32(29,30)18-5-3-4-16(12-18)24(27)28/h3-9,12,19,22H,10-11,13H2,1-2H3,(H,21,26)(H,23,25). The number of amides is 2. The monoisotopic (exact) mass is 464 g/mol. The lowest BCUT2D eigenvalue weighted by atomic mass is 10.0. The summed E-state index contributed by atoms with van der Waals surface area (Å²) in [5, 5.41) is 16.1. The molecule has 32 heavy (non-hydrogen) atoms. The topological polar surface area (TPSA) is 157 Å². The Morgan fingerprint density at radius 3 is 2.41 bits per heavy atom. The first-order valence-electron chi connectivity index (χ1n) is 9.54. The van der Waals surface area contributed by atoms with Gasteiger partial charge in [0.15, 0.2) is 0 Å². The number of non-ortho nitro benzene ring substituents is 1. The molecular weight excluding hydrogens is 440 g/mol. The van der Waals surface area contributed by atoms with Crippen LogP contribution in [0.5, 0.6) is 5.75 Å². The van der Waals surface area contributed by atoms with Crippen molar-refractivity contribution in [3.63, 3.8) is 0 Å². The van der Waals surface area contributed by atoms with Gasteiger partial charge in [-0.1, -0.05) is 18.2 Å². The molecule has 0 aliphatic heterocycles. The number of hydrogen-bond acceptors (Lipinski definition) is 7. The number of benzene rings is 2. The summed E-state index contributed by atoms with van der Waals surface area (Å²) < 4.78 is 31.9. The first-order chi connectivity index (χ1) is 15.1. The van der Waals surface area contributed by atoms with Crippen molar-refractivity contribution in [1.82, 2.24) is 15.4 Å². The molecule has 0 aromatic heterocycles. The van der Waals surface area contributed by atoms with E-state index in [0.717, 1.165) is 6.07 Å². The third-order valence-electron chi connectivity index (χ3n) is 4.36. The van der Waals surface area contributed by atoms with Crippen molar-refractivity contribution in [3.8, 4) is 5.75 Å². The Bertz CT molecular complexity index is 1070. The van der Waals surface area contributed by atoms with Crippen molar-refractivity contribution in [2.75, 3.05) is 20.2 Å². The van der Waals surface area contributed by atoms with Crippen LogP contribution in [-0.2, 0) is 19.6 Å². The molecular formula is C20H24N4O7S. The van der Waals surface area contributed by atoms with Gasteiger partial charge in [0, 0.05) is 32.1 Å². The highest BCUT2D eigenvalue weighted by Crippen LogP contribution is 2.20. The van der Waals surface area contributed by atoms with Crippen LogP contribution in [0.2, 0.25) is 0 Å². The molecule has 2 aromatic rings. The summed E-state index contributed by atoms with van der Waals surface area (Å²) in [5.41, 5.74) is 0.367. The zero-order valence-electron chi connectivity index (χ0n) is 17.5. The van der Waals surface area contributed by atoms with Crippen LogP contribution in [0.15, 0.2) is 53.4 Å². The third kappa shape index (κ3) is 7.32. The number of carbonyl (C=O) groups is 2. The number of nitro benzene ring substituents is 1. The van der Waals surface area contributed by atoms with E-state index in [1.54, 1.807) is 24.3 Å². The average Bonchev–Trinajstić information content (AvgIpc) is 2.76. The summed E-state index contributed by atoms with van der Waals surface area (Å²) in [6, 6.07) is 11.0. The minimum Gasteiger partial charge on any atom is -0.497 e. The van der Waals surface area contributed by atoms with Gasteiger partial charge in [-0.2, -0.15) is 0 Å². The fourth-order valence-corrected chi connectivity index (χ4v) is 3.90. The molecule has 0 radical (unpaired) electrons. The van der Waals surface area contributed by atoms with Gasteiger partial charge in [-0.25, -0.2) is 13.1 Å². The Kier molecular flexibility index (Phi) is 8.67. The van der Waals surface area contributed by atoms with Crippen molar-refractivity contribution in [2.45, 2.75) is 24.3 Å². The number of rotatable bonds is 11. The van der Waals surface area contributed by atoms with Gasteiger partial charge in [0.2, 0.25) is 21.8 Å². The number of carbonyl (C=O) groups excluding carboxylic acids is 2. The second-order valence-corrected chi connectivity index (χ2v) is 8.50. The van der Waals surface area contributed by atoms with Crippen LogP contribution in [0.4, 0.5) is 5.69 Å². The minimum atomic E-state index is -3.98. The summed E-state index contributed by atoms with van der Waals surface area (Å²) in [5.74, 6) is -0.0618. The number of sulfonamides is 1. The van der Waals surface area contributed by atoms with Crippen LogP contribution in [0, 0.1) is 10.1 Å². The molecule has 0 bridgehead atoms. The van der Waals surface area contributed by atoms with Crippen molar-refractivity contribution in [2.24, 2.45) is 0 Å². The van der Waals surface area contributed by atoms with Crippen LogP contribution in [-0.4, -0.2) is 45.4 Å². The maximum Gasteiger partial charge on any atom is 0.270 e. The average molecular weight is 465 g/mol. The first kappa shape index (κ1) is 24.8. The van der Waals surface area contributed by atoms with Crippen LogP contribution < -0.4 is 20.1 Å². The minimum absolute atomic E-state index is 0.0115. The van der Waals surface area contributed by atoms with Crippen LogP contribution in [0.25, 0.3) is 0 Å². The lowest BCUT2D eigenvalue weighted by Gasteiger charge is -2.18. The number of nitro groups is 1. The number of ether oxygens (including phenoxy) is 1. The number of nitrogens with one attached hydrogen (secondary N) is 3. The molecule has 0 spiro atoms. The molecule has 1 atom stereocenters. The molecule has 1 unspecified atom stereocenters. The molecule has 2 aromatic carbocycles. The van der Waals surface area contributed by atoms with E-state index in [0.29, 0.717) is 11.3 Å². The van der Waals surface area contributed by atoms with Gasteiger partial charge in [0.05, 0.1) is 29.4 Å². The van der Waals surface area contributed by atoms with Crippen LogP contribution >= 0.6 is 0 Å². The van der Waals surface area contributed by atoms with Crippen molar-refractivity contribution in [1.29, 1.82) is 0 Å². The highest BCUT2D eigenvalue weighted by molar-refractivity contribution is 7.89. The lowest BCUT2D eigenvalue weighted by molar-refractivity contribution is -0.385. The van der Waals surface area contributed by atoms with Gasteiger partial charge >= 0.3 is 0 Å². The molecule has 0 heterocycles. The normalized spacial score (nSPS) is 11.9. The van der Waals surface area contributed by atoms with E-state index >= 15 is 0 Å². The molecule has 3 N–H and O–H groups in total. The number of hydrogen-bond donors (Lipinski definition) is 3. The highest BCUT2D eigenvalue weighted by Gasteiger charge is 2.19. The first-order valence-corrected chi connectivity index (χ1v) is 11.0. The van der Waals surface area contributed by atoms with Crippen LogP contribution in [0.3, 0.4) is 0 Å². The van der Waals surface area contributed by atoms with Gasteiger partial charge in [-0.15, -0.1) is 0 Å². The second kappa shape index (κ2) is 11.2. The Hall–Kier alpha value is -3.51. The van der Waals surface area contributed by atoms with Crippen molar-refractivity contribution in [3.05, 3.63) is 64.2 Å². The third-order valence-corrected chi connectivity index (χ3v) is 5.82. The van der Waals surface area contributed by atoms with E-state index in [1.807, 2.05) is 0 Å². The fraction of sp³-hybridized carbons (Fsp3) is 0.300. The van der Waals surface area contributed by atoms with Crippen molar-refractivity contribution < 1.29 is 27.7 Å². The predicted molar refractivity (Wildman–Crippen MR) is 115 cm³/mol. The lowest BCUT2D eigenvalue weighted by Crippen LogP contribution is -2.37. The molecule has 2 rings (SSSR count). The number of nitrogens with zero attached hydrogens (tertiary/aromatic N) is 1. The summed E-state index contributed by atoms with van der Waals surface area (Å²) in [6.45, 7) is 1.21. The summed E-state index contributed by atoms with van der Waals surface area (Å²) in [6.07, 6.45) is -0.0520. The predicted octanol–water partition coefficient (Wildman–Crippen LogP) is 1.27. The van der Waals surface area contributed by atoms with Gasteiger partial charge in [0.1, 0.15) is 5.75 Å². The molecule has 11 nitrogen and oxygen atoms in total. The molecule has 0 fully saturated rings. The molecule has 0 saturated heterocycles. The van der Waals surface area contributed by atoms with E-state index in [1.165, 1.54) is 32.2 Å². The second-order valence-electron chi connectivity index (χ2n) is 6.73. The largest absolute Gasteiger partial charge is 0.497 e. The van der Waals surface area contributed by atoms with Gasteiger partial charge in [0.25, 0.3) is 5.69 Å². The Morgan fingerprint density at radius 2 is 1.81 bits per heavy atom. The summed E-state index contributed by atoms with van der Waals surface area (Å²) >= 11 is 0. The Balaban J connectivity index is 1.91. The summed E-state index contributed by atoms with van der Waals surface area (Å²) in [4.78, 5) is 33.7.